The van der Waals surface area contributed by atoms with Crippen molar-refractivity contribution in [1.29, 1.82) is 0 Å². The van der Waals surface area contributed by atoms with Crippen molar-refractivity contribution in [3.63, 3.8) is 0 Å². The molecule has 0 spiro atoms. The maximum atomic E-state index is 5.38. The van der Waals surface area contributed by atoms with E-state index >= 15 is 0 Å². The standard InChI is InChI=1S/C12H17O5/c1-13-7-8-16-9-17-11-6-4-5-10(14-2)12(11)15-3/h4-5H,7-9H2,1-3H3. The summed E-state index contributed by atoms with van der Waals surface area (Å²) in [6.45, 7) is 1.12. The average Bonchev–Trinajstić information content (AvgIpc) is 2.38. The van der Waals surface area contributed by atoms with Gasteiger partial charge in [-0.2, -0.15) is 0 Å². The zero-order valence-electron chi connectivity index (χ0n) is 10.3. The molecule has 17 heavy (non-hydrogen) atoms. The van der Waals surface area contributed by atoms with Crippen LogP contribution in [0.15, 0.2) is 12.1 Å². The van der Waals surface area contributed by atoms with Gasteiger partial charge in [-0.3, -0.25) is 0 Å². The summed E-state index contributed by atoms with van der Waals surface area (Å²) in [4.78, 5) is 0. The van der Waals surface area contributed by atoms with Gasteiger partial charge < -0.3 is 23.7 Å². The minimum Gasteiger partial charge on any atom is -0.493 e. The molecule has 0 aromatic heterocycles. The number of ether oxygens (including phenoxy) is 5. The van der Waals surface area contributed by atoms with Crippen molar-refractivity contribution in [3.8, 4) is 17.2 Å². The van der Waals surface area contributed by atoms with Crippen molar-refractivity contribution in [2.45, 2.75) is 0 Å². The molecule has 0 heterocycles. The van der Waals surface area contributed by atoms with E-state index in [1.54, 1.807) is 33.5 Å². The highest BCUT2D eigenvalue weighted by Gasteiger charge is 2.10. The molecule has 95 valence electrons. The minimum atomic E-state index is 0.114. The molecule has 5 nitrogen and oxygen atoms in total. The lowest BCUT2D eigenvalue weighted by molar-refractivity contribution is -0.00968. The summed E-state index contributed by atoms with van der Waals surface area (Å²) in [5.74, 6) is 1.56. The summed E-state index contributed by atoms with van der Waals surface area (Å²) in [5.41, 5.74) is 0. The molecule has 1 rings (SSSR count). The fourth-order valence-electron chi connectivity index (χ4n) is 1.21. The van der Waals surface area contributed by atoms with Crippen molar-refractivity contribution in [3.05, 3.63) is 18.2 Å². The van der Waals surface area contributed by atoms with E-state index in [4.69, 9.17) is 23.7 Å². The number of methoxy groups -OCH3 is 3. The lowest BCUT2D eigenvalue weighted by Gasteiger charge is -2.13. The molecule has 0 N–H and O–H groups in total. The Morgan fingerprint density at radius 1 is 1.12 bits per heavy atom. The van der Waals surface area contributed by atoms with Crippen molar-refractivity contribution in [1.82, 2.24) is 0 Å². The lowest BCUT2D eigenvalue weighted by atomic mass is 10.3. The summed E-state index contributed by atoms with van der Waals surface area (Å²) in [5, 5.41) is 0. The van der Waals surface area contributed by atoms with Crippen LogP contribution in [-0.4, -0.2) is 41.3 Å². The molecular formula is C12H17O5. The Balaban J connectivity index is 2.52. The van der Waals surface area contributed by atoms with Crippen molar-refractivity contribution in [2.24, 2.45) is 0 Å². The predicted octanol–water partition coefficient (Wildman–Crippen LogP) is 1.50. The van der Waals surface area contributed by atoms with E-state index < -0.39 is 0 Å². The molecule has 5 heteroatoms. The molecule has 0 bridgehead atoms. The number of benzene rings is 1. The van der Waals surface area contributed by atoms with Crippen molar-refractivity contribution >= 4 is 0 Å². The van der Waals surface area contributed by atoms with Gasteiger partial charge in [-0.25, -0.2) is 0 Å². The Bertz CT molecular complexity index is 327. The second-order valence-electron chi connectivity index (χ2n) is 3.07. The van der Waals surface area contributed by atoms with Crippen LogP contribution in [0.4, 0.5) is 0 Å². The Kier molecular flexibility index (Phi) is 6.21. The number of rotatable bonds is 8. The summed E-state index contributed by atoms with van der Waals surface area (Å²) < 4.78 is 25.7. The molecule has 0 saturated carbocycles. The normalized spacial score (nSPS) is 10.1. The minimum absolute atomic E-state index is 0.114. The Hall–Kier alpha value is -1.46. The second-order valence-corrected chi connectivity index (χ2v) is 3.07. The largest absolute Gasteiger partial charge is 0.493 e. The molecule has 1 aromatic rings. The monoisotopic (exact) mass is 241 g/mol. The van der Waals surface area contributed by atoms with E-state index in [1.807, 2.05) is 0 Å². The van der Waals surface area contributed by atoms with Gasteiger partial charge in [0.2, 0.25) is 5.75 Å². The van der Waals surface area contributed by atoms with Crippen LogP contribution in [0.2, 0.25) is 0 Å². The van der Waals surface area contributed by atoms with Crippen LogP contribution in [0.5, 0.6) is 17.2 Å². The quantitative estimate of drug-likeness (QED) is 0.510. The third-order valence-corrected chi connectivity index (χ3v) is 2.02. The summed E-state index contributed by atoms with van der Waals surface area (Å²) in [6.07, 6.45) is 0. The van der Waals surface area contributed by atoms with E-state index in [2.05, 4.69) is 6.07 Å². The summed E-state index contributed by atoms with van der Waals surface area (Å²) in [7, 11) is 4.73. The molecule has 0 aliphatic carbocycles. The average molecular weight is 241 g/mol. The van der Waals surface area contributed by atoms with Crippen LogP contribution in [0, 0.1) is 6.07 Å². The van der Waals surface area contributed by atoms with Crippen LogP contribution in [0.25, 0.3) is 0 Å². The van der Waals surface area contributed by atoms with Crippen LogP contribution >= 0.6 is 0 Å². The maximum absolute atomic E-state index is 5.38. The molecule has 0 aliphatic rings. The predicted molar refractivity (Wildman–Crippen MR) is 61.7 cm³/mol. The van der Waals surface area contributed by atoms with E-state index in [1.165, 1.54) is 0 Å². The summed E-state index contributed by atoms with van der Waals surface area (Å²) in [6, 6.07) is 6.36. The number of hydrogen-bond acceptors (Lipinski definition) is 5. The van der Waals surface area contributed by atoms with E-state index in [0.717, 1.165) is 0 Å². The smallest absolute Gasteiger partial charge is 0.204 e. The molecule has 0 atom stereocenters. The van der Waals surface area contributed by atoms with Crippen LogP contribution < -0.4 is 14.2 Å². The van der Waals surface area contributed by atoms with Gasteiger partial charge in [-0.15, -0.1) is 0 Å². The molecule has 1 aromatic carbocycles. The van der Waals surface area contributed by atoms with Gasteiger partial charge in [-0.1, -0.05) is 0 Å². The van der Waals surface area contributed by atoms with Crippen molar-refractivity contribution < 1.29 is 23.7 Å². The van der Waals surface area contributed by atoms with Gasteiger partial charge in [0.25, 0.3) is 0 Å². The highest BCUT2D eigenvalue weighted by atomic mass is 16.7. The van der Waals surface area contributed by atoms with E-state index in [0.29, 0.717) is 30.5 Å². The molecule has 0 unspecified atom stereocenters. The Morgan fingerprint density at radius 2 is 1.94 bits per heavy atom. The maximum Gasteiger partial charge on any atom is 0.204 e. The first-order valence-electron chi connectivity index (χ1n) is 5.15. The fourth-order valence-corrected chi connectivity index (χ4v) is 1.21. The Morgan fingerprint density at radius 3 is 2.59 bits per heavy atom. The van der Waals surface area contributed by atoms with Gasteiger partial charge >= 0.3 is 0 Å². The molecular weight excluding hydrogens is 224 g/mol. The van der Waals surface area contributed by atoms with Crippen LogP contribution in [0.3, 0.4) is 0 Å². The zero-order chi connectivity index (χ0) is 12.5. The zero-order valence-corrected chi connectivity index (χ0v) is 10.3. The van der Waals surface area contributed by atoms with Gasteiger partial charge in [-0.05, 0) is 12.1 Å². The Labute approximate surface area is 101 Å². The SMILES string of the molecule is COCCOCOc1[c]ccc(OC)c1OC. The lowest BCUT2D eigenvalue weighted by Crippen LogP contribution is -2.08. The van der Waals surface area contributed by atoms with Gasteiger partial charge in [0.1, 0.15) is 0 Å². The first kappa shape index (κ1) is 13.6. The topological polar surface area (TPSA) is 46.2 Å². The van der Waals surface area contributed by atoms with Gasteiger partial charge in [0.15, 0.2) is 18.3 Å². The fraction of sp³-hybridized carbons (Fsp3) is 0.500. The first-order chi connectivity index (χ1) is 8.33. The van der Waals surface area contributed by atoms with E-state index in [-0.39, 0.29) is 6.79 Å². The molecule has 0 saturated heterocycles. The molecule has 0 amide bonds. The highest BCUT2D eigenvalue weighted by molar-refractivity contribution is 5.50. The van der Waals surface area contributed by atoms with Gasteiger partial charge in [0.05, 0.1) is 27.4 Å². The number of hydrogen-bond donors (Lipinski definition) is 0. The highest BCUT2D eigenvalue weighted by Crippen LogP contribution is 2.35. The van der Waals surface area contributed by atoms with Crippen LogP contribution in [0.1, 0.15) is 0 Å². The summed E-state index contributed by atoms with van der Waals surface area (Å²) >= 11 is 0. The molecule has 0 fully saturated rings. The van der Waals surface area contributed by atoms with Crippen molar-refractivity contribution in [2.75, 3.05) is 41.3 Å². The second kappa shape index (κ2) is 7.76. The van der Waals surface area contributed by atoms with Gasteiger partial charge in [0, 0.05) is 13.2 Å². The first-order valence-corrected chi connectivity index (χ1v) is 5.15. The van der Waals surface area contributed by atoms with Crippen LogP contribution in [-0.2, 0) is 9.47 Å². The molecule has 0 aliphatic heterocycles. The third-order valence-electron chi connectivity index (χ3n) is 2.02. The third kappa shape index (κ3) is 4.13. The molecule has 1 radical (unpaired) electrons. The van der Waals surface area contributed by atoms with E-state index in [9.17, 15) is 0 Å².